The quantitative estimate of drug-likeness (QED) is 0.860. The van der Waals surface area contributed by atoms with Crippen molar-refractivity contribution in [3.8, 4) is 0 Å². The second-order valence-electron chi connectivity index (χ2n) is 4.13. The molecule has 2 rings (SSSR count). The van der Waals surface area contributed by atoms with Crippen LogP contribution in [0.4, 0.5) is 0 Å². The van der Waals surface area contributed by atoms with E-state index in [2.05, 4.69) is 0 Å². The molecular formula is C11H13NO4S2. The fourth-order valence-corrected chi connectivity index (χ4v) is 4.39. The lowest BCUT2D eigenvalue weighted by Gasteiger charge is -2.24. The molecule has 0 saturated heterocycles. The topological polar surface area (TPSA) is 74.7 Å². The van der Waals surface area contributed by atoms with Crippen molar-refractivity contribution in [1.82, 2.24) is 4.31 Å². The zero-order chi connectivity index (χ0) is 13.3. The molecule has 1 N–H and O–H groups in total. The SMILES string of the molecule is CC1=CCCN(S(=O)(=O)c2csc(C(=O)O)c2)C1. The first-order valence-corrected chi connectivity index (χ1v) is 7.71. The van der Waals surface area contributed by atoms with E-state index < -0.39 is 16.0 Å². The van der Waals surface area contributed by atoms with Gasteiger partial charge in [0.1, 0.15) is 4.88 Å². The third-order valence-corrected chi connectivity index (χ3v) is 5.61. The van der Waals surface area contributed by atoms with E-state index in [1.165, 1.54) is 15.8 Å². The molecule has 2 heterocycles. The van der Waals surface area contributed by atoms with Crippen molar-refractivity contribution in [2.24, 2.45) is 0 Å². The average Bonchev–Trinajstić information content (AvgIpc) is 2.79. The van der Waals surface area contributed by atoms with E-state index in [-0.39, 0.29) is 9.77 Å². The number of sulfonamides is 1. The van der Waals surface area contributed by atoms with Gasteiger partial charge in [-0.05, 0) is 19.4 Å². The average molecular weight is 287 g/mol. The standard InChI is InChI=1S/C11H13NO4S2/c1-8-3-2-4-12(6-8)18(15,16)9-5-10(11(13)14)17-7-9/h3,5,7H,2,4,6H2,1H3,(H,13,14). The van der Waals surface area contributed by atoms with Crippen molar-refractivity contribution in [3.63, 3.8) is 0 Å². The van der Waals surface area contributed by atoms with Gasteiger partial charge in [0.05, 0.1) is 4.90 Å². The van der Waals surface area contributed by atoms with Gasteiger partial charge in [0.2, 0.25) is 10.0 Å². The molecule has 0 unspecified atom stereocenters. The molecule has 0 atom stereocenters. The van der Waals surface area contributed by atoms with Gasteiger partial charge in [-0.3, -0.25) is 0 Å². The smallest absolute Gasteiger partial charge is 0.345 e. The van der Waals surface area contributed by atoms with E-state index in [4.69, 9.17) is 5.11 Å². The zero-order valence-electron chi connectivity index (χ0n) is 9.79. The lowest BCUT2D eigenvalue weighted by molar-refractivity contribution is 0.0702. The van der Waals surface area contributed by atoms with Gasteiger partial charge in [0.15, 0.2) is 0 Å². The molecule has 1 aromatic heterocycles. The van der Waals surface area contributed by atoms with Gasteiger partial charge in [0, 0.05) is 18.5 Å². The fourth-order valence-electron chi connectivity index (χ4n) is 1.80. The number of nitrogens with zero attached hydrogens (tertiary/aromatic N) is 1. The van der Waals surface area contributed by atoms with E-state index in [0.29, 0.717) is 19.5 Å². The summed E-state index contributed by atoms with van der Waals surface area (Å²) in [6, 6.07) is 1.22. The van der Waals surface area contributed by atoms with Crippen LogP contribution in [0.25, 0.3) is 0 Å². The Hall–Kier alpha value is -1.18. The maximum atomic E-state index is 12.3. The Balaban J connectivity index is 2.30. The Labute approximate surface area is 109 Å². The lowest BCUT2D eigenvalue weighted by atomic mass is 10.2. The summed E-state index contributed by atoms with van der Waals surface area (Å²) < 4.78 is 25.9. The van der Waals surface area contributed by atoms with Crippen LogP contribution in [0.5, 0.6) is 0 Å². The van der Waals surface area contributed by atoms with E-state index in [1.54, 1.807) is 0 Å². The summed E-state index contributed by atoms with van der Waals surface area (Å²) in [5.74, 6) is -1.10. The van der Waals surface area contributed by atoms with E-state index >= 15 is 0 Å². The van der Waals surface area contributed by atoms with Crippen LogP contribution in [0.15, 0.2) is 28.0 Å². The Morgan fingerprint density at radius 3 is 2.78 bits per heavy atom. The van der Waals surface area contributed by atoms with Crippen molar-refractivity contribution in [2.75, 3.05) is 13.1 Å². The van der Waals surface area contributed by atoms with Gasteiger partial charge >= 0.3 is 5.97 Å². The molecular weight excluding hydrogens is 274 g/mol. The van der Waals surface area contributed by atoms with Gasteiger partial charge in [-0.1, -0.05) is 11.6 Å². The van der Waals surface area contributed by atoms with E-state index in [9.17, 15) is 13.2 Å². The normalized spacial score (nSPS) is 17.5. The summed E-state index contributed by atoms with van der Waals surface area (Å²) in [7, 11) is -3.57. The number of hydrogen-bond donors (Lipinski definition) is 1. The minimum atomic E-state index is -3.57. The van der Waals surface area contributed by atoms with Gasteiger partial charge in [-0.25, -0.2) is 13.2 Å². The van der Waals surface area contributed by atoms with Crippen molar-refractivity contribution in [3.05, 3.63) is 28.0 Å². The second-order valence-corrected chi connectivity index (χ2v) is 6.98. The molecule has 0 fully saturated rings. The first-order valence-electron chi connectivity index (χ1n) is 5.39. The fraction of sp³-hybridized carbons (Fsp3) is 0.364. The summed E-state index contributed by atoms with van der Waals surface area (Å²) in [6.45, 7) is 2.70. The molecule has 0 saturated carbocycles. The minimum absolute atomic E-state index is 0.0397. The highest BCUT2D eigenvalue weighted by molar-refractivity contribution is 7.89. The van der Waals surface area contributed by atoms with Crippen molar-refractivity contribution in [1.29, 1.82) is 0 Å². The Morgan fingerprint density at radius 1 is 1.50 bits per heavy atom. The van der Waals surface area contributed by atoms with Crippen LogP contribution in [0.1, 0.15) is 23.0 Å². The Kier molecular flexibility index (Phi) is 3.56. The van der Waals surface area contributed by atoms with Crippen molar-refractivity contribution in [2.45, 2.75) is 18.2 Å². The van der Waals surface area contributed by atoms with Crippen LogP contribution in [-0.2, 0) is 10.0 Å². The number of thiophene rings is 1. The molecule has 0 aromatic carbocycles. The number of carboxylic acids is 1. The molecule has 0 aliphatic carbocycles. The van der Waals surface area contributed by atoms with Crippen LogP contribution in [0.3, 0.4) is 0 Å². The molecule has 18 heavy (non-hydrogen) atoms. The molecule has 1 aliphatic heterocycles. The van der Waals surface area contributed by atoms with Crippen molar-refractivity contribution >= 4 is 27.3 Å². The number of hydrogen-bond acceptors (Lipinski definition) is 4. The lowest BCUT2D eigenvalue weighted by Crippen LogP contribution is -2.35. The molecule has 0 spiro atoms. The highest BCUT2D eigenvalue weighted by Crippen LogP contribution is 2.25. The molecule has 0 radical (unpaired) electrons. The molecule has 0 amide bonds. The molecule has 1 aromatic rings. The molecule has 5 nitrogen and oxygen atoms in total. The second kappa shape index (κ2) is 4.83. The summed E-state index contributed by atoms with van der Waals surface area (Å²) in [5.41, 5.74) is 1.01. The van der Waals surface area contributed by atoms with Gasteiger partial charge in [-0.15, -0.1) is 11.3 Å². The van der Waals surface area contributed by atoms with Crippen LogP contribution in [-0.4, -0.2) is 36.9 Å². The van der Waals surface area contributed by atoms with Crippen LogP contribution in [0, 0.1) is 0 Å². The monoisotopic (exact) mass is 287 g/mol. The maximum Gasteiger partial charge on any atom is 0.345 e. The molecule has 7 heteroatoms. The Morgan fingerprint density at radius 2 is 2.22 bits per heavy atom. The van der Waals surface area contributed by atoms with Gasteiger partial charge in [-0.2, -0.15) is 4.31 Å². The highest BCUT2D eigenvalue weighted by Gasteiger charge is 2.27. The first kappa shape index (κ1) is 13.3. The van der Waals surface area contributed by atoms with Crippen LogP contribution >= 0.6 is 11.3 Å². The first-order chi connectivity index (χ1) is 8.41. The summed E-state index contributed by atoms with van der Waals surface area (Å²) in [6.07, 6.45) is 2.71. The largest absolute Gasteiger partial charge is 0.477 e. The predicted octanol–water partition coefficient (Wildman–Crippen LogP) is 1.79. The van der Waals surface area contributed by atoms with Gasteiger partial charge < -0.3 is 5.11 Å². The highest BCUT2D eigenvalue weighted by atomic mass is 32.2. The van der Waals surface area contributed by atoms with E-state index in [1.807, 2.05) is 13.0 Å². The minimum Gasteiger partial charge on any atom is -0.477 e. The van der Waals surface area contributed by atoms with Crippen LogP contribution < -0.4 is 0 Å². The van der Waals surface area contributed by atoms with Gasteiger partial charge in [0.25, 0.3) is 0 Å². The Bertz CT molecular complexity index is 600. The molecule has 1 aliphatic rings. The third-order valence-electron chi connectivity index (χ3n) is 2.72. The van der Waals surface area contributed by atoms with Crippen molar-refractivity contribution < 1.29 is 18.3 Å². The van der Waals surface area contributed by atoms with E-state index in [0.717, 1.165) is 16.9 Å². The number of rotatable bonds is 3. The third kappa shape index (κ3) is 2.47. The number of carbonyl (C=O) groups is 1. The summed E-state index contributed by atoms with van der Waals surface area (Å²) in [4.78, 5) is 10.9. The zero-order valence-corrected chi connectivity index (χ0v) is 11.4. The summed E-state index contributed by atoms with van der Waals surface area (Å²) in [5, 5.41) is 10.2. The molecule has 0 bridgehead atoms. The number of aromatic carboxylic acids is 1. The maximum absolute atomic E-state index is 12.3. The van der Waals surface area contributed by atoms with Crippen LogP contribution in [0.2, 0.25) is 0 Å². The number of carboxylic acid groups (broad SMARTS) is 1. The predicted molar refractivity (Wildman–Crippen MR) is 68.4 cm³/mol. The summed E-state index contributed by atoms with van der Waals surface area (Å²) >= 11 is 0.929. The molecule has 98 valence electrons.